The van der Waals surface area contributed by atoms with Crippen LogP contribution in [0.3, 0.4) is 0 Å². The van der Waals surface area contributed by atoms with E-state index in [1.54, 1.807) is 12.3 Å². The Bertz CT molecular complexity index is 1350. The third-order valence-electron chi connectivity index (χ3n) is 5.17. The summed E-state index contributed by atoms with van der Waals surface area (Å²) in [5, 5.41) is 11.3. The third kappa shape index (κ3) is 3.42. The van der Waals surface area contributed by atoms with Crippen molar-refractivity contribution in [2.45, 2.75) is 13.3 Å². The number of thiazole rings is 1. The Labute approximate surface area is 177 Å². The number of carbonyl (C=O) groups is 1. The second-order valence-corrected chi connectivity index (χ2v) is 7.97. The van der Waals surface area contributed by atoms with Gasteiger partial charge >= 0.3 is 0 Å². The maximum absolute atomic E-state index is 12.8. The van der Waals surface area contributed by atoms with Crippen LogP contribution in [0.5, 0.6) is 0 Å². The summed E-state index contributed by atoms with van der Waals surface area (Å²) in [6.07, 6.45) is 2.71. The molecule has 5 nitrogen and oxygen atoms in total. The molecule has 5 rings (SSSR count). The first kappa shape index (κ1) is 18.4. The summed E-state index contributed by atoms with van der Waals surface area (Å²) in [5.41, 5.74) is 5.65. The van der Waals surface area contributed by atoms with Gasteiger partial charge in [0.2, 0.25) is 0 Å². The molecule has 0 atom stereocenters. The molecule has 2 heterocycles. The fourth-order valence-electron chi connectivity index (χ4n) is 3.71. The van der Waals surface area contributed by atoms with Gasteiger partial charge in [-0.1, -0.05) is 37.3 Å². The van der Waals surface area contributed by atoms with E-state index >= 15 is 0 Å². The summed E-state index contributed by atoms with van der Waals surface area (Å²) < 4.78 is 0. The van der Waals surface area contributed by atoms with Crippen molar-refractivity contribution in [1.29, 1.82) is 0 Å². The predicted octanol–water partition coefficient (Wildman–Crippen LogP) is 6.34. The number of hydrogen-bond acceptors (Lipinski definition) is 4. The molecule has 3 N–H and O–H groups in total. The molecular weight excluding hydrogens is 392 g/mol. The molecule has 0 spiro atoms. The van der Waals surface area contributed by atoms with Crippen molar-refractivity contribution in [3.8, 4) is 0 Å². The highest BCUT2D eigenvalue weighted by molar-refractivity contribution is 7.13. The lowest BCUT2D eigenvalue weighted by Crippen LogP contribution is -2.12. The van der Waals surface area contributed by atoms with E-state index < -0.39 is 0 Å². The summed E-state index contributed by atoms with van der Waals surface area (Å²) >= 11 is 1.51. The number of para-hydroxylation sites is 1. The van der Waals surface area contributed by atoms with Crippen molar-refractivity contribution in [2.24, 2.45) is 0 Å². The first-order valence-corrected chi connectivity index (χ1v) is 10.7. The summed E-state index contributed by atoms with van der Waals surface area (Å²) in [7, 11) is 0. The van der Waals surface area contributed by atoms with Crippen LogP contribution in [0.4, 0.5) is 16.5 Å². The summed E-state index contributed by atoms with van der Waals surface area (Å²) in [4.78, 5) is 20.5. The Hall–Kier alpha value is -3.64. The van der Waals surface area contributed by atoms with Crippen molar-refractivity contribution in [1.82, 2.24) is 9.97 Å². The molecule has 3 aromatic carbocycles. The molecule has 148 valence electrons. The van der Waals surface area contributed by atoms with Crippen LogP contribution < -0.4 is 10.6 Å². The zero-order valence-corrected chi connectivity index (χ0v) is 17.2. The van der Waals surface area contributed by atoms with Gasteiger partial charge in [-0.3, -0.25) is 4.79 Å². The van der Waals surface area contributed by atoms with Gasteiger partial charge in [0.15, 0.2) is 5.13 Å². The van der Waals surface area contributed by atoms with Gasteiger partial charge in [0.25, 0.3) is 5.91 Å². The van der Waals surface area contributed by atoms with E-state index in [0.717, 1.165) is 33.8 Å². The molecule has 0 fully saturated rings. The van der Waals surface area contributed by atoms with E-state index in [9.17, 15) is 4.79 Å². The van der Waals surface area contributed by atoms with E-state index in [1.807, 2.05) is 35.7 Å². The normalized spacial score (nSPS) is 11.1. The lowest BCUT2D eigenvalue weighted by atomic mass is 10.1. The average molecular weight is 413 g/mol. The highest BCUT2D eigenvalue weighted by Gasteiger charge is 2.11. The molecular formula is C24H20N4OS. The number of fused-ring (bicyclic) bond motifs is 3. The topological polar surface area (TPSA) is 69.8 Å². The maximum Gasteiger partial charge on any atom is 0.255 e. The third-order valence-corrected chi connectivity index (χ3v) is 5.86. The minimum atomic E-state index is -0.150. The zero-order chi connectivity index (χ0) is 20.5. The largest absolute Gasteiger partial charge is 0.354 e. The van der Waals surface area contributed by atoms with E-state index in [1.165, 1.54) is 27.8 Å². The minimum Gasteiger partial charge on any atom is -0.354 e. The van der Waals surface area contributed by atoms with Crippen LogP contribution in [0, 0.1) is 0 Å². The Kier molecular flexibility index (Phi) is 4.69. The molecule has 0 saturated carbocycles. The standard InChI is InChI=1S/C24H20N4OS/c1-2-15-5-4-8-20-19-10-9-18(14-21(19)28-22(15)20)26-23(29)16-6-3-7-17(13-16)27-24-25-11-12-30-24/h3-14,28H,2H2,1H3,(H,25,27)(H,26,29). The lowest BCUT2D eigenvalue weighted by molar-refractivity contribution is 0.102. The van der Waals surface area contributed by atoms with E-state index in [4.69, 9.17) is 0 Å². The number of aromatic nitrogens is 2. The maximum atomic E-state index is 12.8. The molecule has 30 heavy (non-hydrogen) atoms. The molecule has 0 radical (unpaired) electrons. The van der Waals surface area contributed by atoms with E-state index in [-0.39, 0.29) is 5.91 Å². The molecule has 0 saturated heterocycles. The Balaban J connectivity index is 1.41. The quantitative estimate of drug-likeness (QED) is 0.316. The second kappa shape index (κ2) is 7.65. The van der Waals surface area contributed by atoms with E-state index in [2.05, 4.69) is 51.8 Å². The number of carbonyl (C=O) groups excluding carboxylic acids is 1. The predicted molar refractivity (Wildman–Crippen MR) is 125 cm³/mol. The van der Waals surface area contributed by atoms with Crippen LogP contribution in [0.15, 0.2) is 72.2 Å². The Morgan fingerprint density at radius 2 is 1.93 bits per heavy atom. The van der Waals surface area contributed by atoms with Gasteiger partial charge in [0.05, 0.1) is 0 Å². The number of aryl methyl sites for hydroxylation is 1. The number of aromatic amines is 1. The van der Waals surface area contributed by atoms with Gasteiger partial charge < -0.3 is 15.6 Å². The summed E-state index contributed by atoms with van der Waals surface area (Å²) in [5.74, 6) is -0.150. The molecule has 1 amide bonds. The summed E-state index contributed by atoms with van der Waals surface area (Å²) in [6.45, 7) is 2.16. The molecule has 6 heteroatoms. The average Bonchev–Trinajstić information content (AvgIpc) is 3.40. The van der Waals surface area contributed by atoms with Crippen molar-refractivity contribution < 1.29 is 4.79 Å². The van der Waals surface area contributed by atoms with Crippen LogP contribution in [0.2, 0.25) is 0 Å². The summed E-state index contributed by atoms with van der Waals surface area (Å²) in [6, 6.07) is 19.8. The second-order valence-electron chi connectivity index (χ2n) is 7.08. The number of H-pyrrole nitrogens is 1. The Morgan fingerprint density at radius 3 is 2.77 bits per heavy atom. The van der Waals surface area contributed by atoms with Gasteiger partial charge in [0, 0.05) is 50.3 Å². The molecule has 2 aromatic heterocycles. The van der Waals surface area contributed by atoms with E-state index in [0.29, 0.717) is 5.56 Å². The molecule has 0 unspecified atom stereocenters. The number of amides is 1. The number of hydrogen-bond donors (Lipinski definition) is 3. The molecule has 5 aromatic rings. The minimum absolute atomic E-state index is 0.150. The van der Waals surface area contributed by atoms with Crippen LogP contribution in [0.1, 0.15) is 22.8 Å². The van der Waals surface area contributed by atoms with Crippen LogP contribution >= 0.6 is 11.3 Å². The van der Waals surface area contributed by atoms with Crippen molar-refractivity contribution in [3.05, 3.63) is 83.4 Å². The van der Waals surface area contributed by atoms with Gasteiger partial charge in [0.1, 0.15) is 0 Å². The smallest absolute Gasteiger partial charge is 0.255 e. The van der Waals surface area contributed by atoms with Crippen molar-refractivity contribution in [2.75, 3.05) is 10.6 Å². The SMILES string of the molecule is CCc1cccc2c1[nH]c1cc(NC(=O)c3cccc(Nc4nccs4)c3)ccc12. The Morgan fingerprint density at radius 1 is 1.03 bits per heavy atom. The van der Waals surface area contributed by atoms with Gasteiger partial charge in [-0.25, -0.2) is 4.98 Å². The van der Waals surface area contributed by atoms with Crippen LogP contribution in [0.25, 0.3) is 21.8 Å². The van der Waals surface area contributed by atoms with Crippen LogP contribution in [-0.2, 0) is 6.42 Å². The van der Waals surface area contributed by atoms with Gasteiger partial charge in [-0.15, -0.1) is 11.3 Å². The number of nitrogens with zero attached hydrogens (tertiary/aromatic N) is 1. The fourth-order valence-corrected chi connectivity index (χ4v) is 4.26. The fraction of sp³-hybridized carbons (Fsp3) is 0.0833. The highest BCUT2D eigenvalue weighted by Crippen LogP contribution is 2.30. The molecule has 0 aliphatic heterocycles. The number of nitrogens with one attached hydrogen (secondary N) is 3. The molecule has 0 aliphatic carbocycles. The van der Waals surface area contributed by atoms with Gasteiger partial charge in [-0.2, -0.15) is 0 Å². The number of anilines is 3. The van der Waals surface area contributed by atoms with Crippen molar-refractivity contribution in [3.63, 3.8) is 0 Å². The molecule has 0 bridgehead atoms. The first-order valence-electron chi connectivity index (χ1n) is 9.82. The lowest BCUT2D eigenvalue weighted by Gasteiger charge is -2.08. The van der Waals surface area contributed by atoms with Crippen LogP contribution in [-0.4, -0.2) is 15.9 Å². The van der Waals surface area contributed by atoms with Gasteiger partial charge in [-0.05, 0) is 42.3 Å². The monoisotopic (exact) mass is 412 g/mol. The first-order chi connectivity index (χ1) is 14.7. The highest BCUT2D eigenvalue weighted by atomic mass is 32.1. The molecule has 0 aliphatic rings. The number of benzene rings is 3. The number of rotatable bonds is 5. The zero-order valence-electron chi connectivity index (χ0n) is 16.4. The van der Waals surface area contributed by atoms with Crippen molar-refractivity contribution >= 4 is 55.6 Å².